The summed E-state index contributed by atoms with van der Waals surface area (Å²) in [5.74, 6) is 1.90. The molecule has 37 heavy (non-hydrogen) atoms. The van der Waals surface area contributed by atoms with Crippen LogP contribution in [0.2, 0.25) is 10.0 Å². The monoisotopic (exact) mass is 538 g/mol. The Hall–Kier alpha value is -3.82. The minimum atomic E-state index is -0.0848. The highest BCUT2D eigenvalue weighted by Gasteiger charge is 2.25. The highest BCUT2D eigenvalue weighted by atomic mass is 35.5. The van der Waals surface area contributed by atoms with Gasteiger partial charge in [0.25, 0.3) is 5.91 Å². The van der Waals surface area contributed by atoms with Crippen LogP contribution in [0.25, 0.3) is 22.3 Å². The Morgan fingerprint density at radius 2 is 1.73 bits per heavy atom. The molecule has 9 nitrogen and oxygen atoms in total. The summed E-state index contributed by atoms with van der Waals surface area (Å²) >= 11 is 12.2. The number of aromatic nitrogens is 3. The Morgan fingerprint density at radius 3 is 2.43 bits per heavy atom. The first kappa shape index (κ1) is 24.9. The second-order valence-electron chi connectivity index (χ2n) is 8.43. The van der Waals surface area contributed by atoms with Gasteiger partial charge in [0.05, 0.1) is 23.3 Å². The number of nitrogens with zero attached hydrogens (tertiary/aromatic N) is 5. The Balaban J connectivity index is 1.32. The summed E-state index contributed by atoms with van der Waals surface area (Å²) < 4.78 is 10.9. The van der Waals surface area contributed by atoms with Crippen LogP contribution in [0.15, 0.2) is 54.6 Å². The van der Waals surface area contributed by atoms with E-state index < -0.39 is 0 Å². The quantitative estimate of drug-likeness (QED) is 0.386. The molecule has 11 heteroatoms. The van der Waals surface area contributed by atoms with Gasteiger partial charge in [0, 0.05) is 36.8 Å². The predicted octanol–water partition coefficient (Wildman–Crippen LogP) is 4.32. The molecule has 0 radical (unpaired) electrons. The number of carbonyl (C=O) groups excluding carboxylic acids is 1. The number of hydrogen-bond acceptors (Lipinski definition) is 8. The molecule has 0 spiro atoms. The number of carbonyl (C=O) groups is 1. The van der Waals surface area contributed by atoms with Gasteiger partial charge in [-0.3, -0.25) is 4.79 Å². The largest absolute Gasteiger partial charge is 0.495 e. The first-order chi connectivity index (χ1) is 17.9. The predicted molar refractivity (Wildman–Crippen MR) is 144 cm³/mol. The third-order valence-corrected chi connectivity index (χ3v) is 6.64. The van der Waals surface area contributed by atoms with Crippen LogP contribution in [0, 0.1) is 0 Å². The number of rotatable bonds is 6. The zero-order chi connectivity index (χ0) is 25.9. The average molecular weight is 539 g/mol. The van der Waals surface area contributed by atoms with Crippen LogP contribution in [-0.2, 0) is 4.79 Å². The molecule has 3 heterocycles. The molecule has 0 bridgehead atoms. The van der Waals surface area contributed by atoms with Gasteiger partial charge in [0.1, 0.15) is 17.0 Å². The van der Waals surface area contributed by atoms with E-state index in [0.717, 1.165) is 11.3 Å². The fourth-order valence-corrected chi connectivity index (χ4v) is 4.54. The van der Waals surface area contributed by atoms with Crippen molar-refractivity contribution in [2.45, 2.75) is 0 Å². The third kappa shape index (κ3) is 5.47. The highest BCUT2D eigenvalue weighted by Crippen LogP contribution is 2.32. The second kappa shape index (κ2) is 10.7. The lowest BCUT2D eigenvalue weighted by atomic mass is 10.1. The molecule has 2 aromatic carbocycles. The van der Waals surface area contributed by atoms with Gasteiger partial charge in [-0.1, -0.05) is 23.2 Å². The van der Waals surface area contributed by atoms with E-state index in [-0.39, 0.29) is 18.5 Å². The van der Waals surface area contributed by atoms with E-state index in [0.29, 0.717) is 64.6 Å². The molecule has 5 rings (SSSR count). The van der Waals surface area contributed by atoms with Crippen molar-refractivity contribution in [2.24, 2.45) is 0 Å². The summed E-state index contributed by atoms with van der Waals surface area (Å²) in [7, 11) is 1.57. The maximum atomic E-state index is 12.7. The van der Waals surface area contributed by atoms with Crippen molar-refractivity contribution in [1.82, 2.24) is 19.9 Å². The van der Waals surface area contributed by atoms with Crippen LogP contribution in [0.1, 0.15) is 0 Å². The first-order valence-electron chi connectivity index (χ1n) is 11.6. The minimum Gasteiger partial charge on any atom is -0.495 e. The van der Waals surface area contributed by atoms with Gasteiger partial charge in [-0.2, -0.15) is 4.98 Å². The molecule has 2 N–H and O–H groups in total. The molecular formula is C26H24Cl2N6O3. The van der Waals surface area contributed by atoms with Crippen LogP contribution in [0.4, 0.5) is 11.8 Å². The summed E-state index contributed by atoms with van der Waals surface area (Å²) in [6, 6.07) is 16.2. The molecule has 1 aliphatic rings. The fraction of sp³-hybridized carbons (Fsp3) is 0.231. The van der Waals surface area contributed by atoms with Crippen molar-refractivity contribution in [3.05, 3.63) is 64.6 Å². The van der Waals surface area contributed by atoms with Crippen LogP contribution in [0.3, 0.4) is 0 Å². The van der Waals surface area contributed by atoms with Gasteiger partial charge in [0.2, 0.25) is 5.95 Å². The number of ether oxygens (including phenoxy) is 2. The second-order valence-corrected chi connectivity index (χ2v) is 9.27. The zero-order valence-corrected chi connectivity index (χ0v) is 21.5. The van der Waals surface area contributed by atoms with E-state index in [9.17, 15) is 4.79 Å². The van der Waals surface area contributed by atoms with Crippen LogP contribution in [0.5, 0.6) is 11.5 Å². The van der Waals surface area contributed by atoms with Crippen LogP contribution < -0.4 is 20.1 Å². The van der Waals surface area contributed by atoms with Crippen LogP contribution >= 0.6 is 23.2 Å². The van der Waals surface area contributed by atoms with Gasteiger partial charge in [-0.15, -0.1) is 0 Å². The number of hydrogen-bond donors (Lipinski definition) is 1. The number of anilines is 2. The molecule has 1 amide bonds. The molecule has 0 atom stereocenters. The van der Waals surface area contributed by atoms with Crippen molar-refractivity contribution in [3.8, 4) is 22.8 Å². The van der Waals surface area contributed by atoms with Crippen molar-refractivity contribution in [1.29, 1.82) is 0 Å². The maximum Gasteiger partial charge on any atom is 0.260 e. The Morgan fingerprint density at radius 1 is 0.973 bits per heavy atom. The molecule has 1 fully saturated rings. The Labute approximate surface area is 223 Å². The molecule has 1 aliphatic heterocycles. The molecular weight excluding hydrogens is 515 g/mol. The summed E-state index contributed by atoms with van der Waals surface area (Å²) in [5.41, 5.74) is 8.84. The molecule has 2 aromatic heterocycles. The first-order valence-corrected chi connectivity index (χ1v) is 12.4. The lowest BCUT2D eigenvalue weighted by molar-refractivity contribution is -0.133. The van der Waals surface area contributed by atoms with Crippen molar-refractivity contribution in [2.75, 3.05) is 50.5 Å². The number of nitrogen functional groups attached to an aromatic ring is 1. The Bertz CT molecular complexity index is 1440. The number of nitrogens with two attached hydrogens (primary N) is 1. The fourth-order valence-electron chi connectivity index (χ4n) is 4.16. The lowest BCUT2D eigenvalue weighted by Gasteiger charge is -2.35. The third-order valence-electron chi connectivity index (χ3n) is 6.10. The van der Waals surface area contributed by atoms with E-state index in [1.165, 1.54) is 0 Å². The van der Waals surface area contributed by atoms with Crippen molar-refractivity contribution >= 4 is 51.9 Å². The van der Waals surface area contributed by atoms with E-state index in [2.05, 4.69) is 14.9 Å². The topological polar surface area (TPSA) is 107 Å². The molecule has 0 unspecified atom stereocenters. The van der Waals surface area contributed by atoms with Crippen LogP contribution in [-0.4, -0.2) is 65.7 Å². The summed E-state index contributed by atoms with van der Waals surface area (Å²) in [6.45, 7) is 2.13. The smallest absolute Gasteiger partial charge is 0.260 e. The van der Waals surface area contributed by atoms with E-state index >= 15 is 0 Å². The summed E-state index contributed by atoms with van der Waals surface area (Å²) in [4.78, 5) is 30.3. The standard InChI is InChI=1S/C26H24Cl2N6O3/c1-36-22-9-2-16(14-19(22)28)20-7-8-21-24(30-20)25(32-26(29)31-21)34-12-10-33(11-13-34)23(35)15-37-18-5-3-17(27)4-6-18/h2-9,14H,10-13,15H2,1H3,(H2,29,31,32). The SMILES string of the molecule is COc1ccc(-c2ccc3nc(N)nc(N4CCN(C(=O)COc5ccc(Cl)cc5)CC4)c3n2)cc1Cl. The Kier molecular flexibility index (Phi) is 7.16. The van der Waals surface area contributed by atoms with Gasteiger partial charge in [-0.25, -0.2) is 9.97 Å². The van der Waals surface area contributed by atoms with E-state index in [1.807, 2.05) is 24.3 Å². The number of benzene rings is 2. The molecule has 1 saturated heterocycles. The molecule has 0 saturated carbocycles. The number of piperazine rings is 1. The number of pyridine rings is 1. The minimum absolute atomic E-state index is 0.0413. The maximum absolute atomic E-state index is 12.7. The molecule has 0 aliphatic carbocycles. The number of fused-ring (bicyclic) bond motifs is 1. The average Bonchev–Trinajstić information content (AvgIpc) is 2.92. The number of halogens is 2. The number of methoxy groups -OCH3 is 1. The molecule has 4 aromatic rings. The van der Waals surface area contributed by atoms with Crippen molar-refractivity contribution < 1.29 is 14.3 Å². The molecule has 190 valence electrons. The van der Waals surface area contributed by atoms with Gasteiger partial charge < -0.3 is 25.0 Å². The van der Waals surface area contributed by atoms with Gasteiger partial charge >= 0.3 is 0 Å². The summed E-state index contributed by atoms with van der Waals surface area (Å²) in [6.07, 6.45) is 0. The van der Waals surface area contributed by atoms with E-state index in [1.54, 1.807) is 42.3 Å². The normalized spacial score (nSPS) is 13.6. The van der Waals surface area contributed by atoms with E-state index in [4.69, 9.17) is 43.4 Å². The number of amides is 1. The van der Waals surface area contributed by atoms with Gasteiger partial charge in [0.15, 0.2) is 12.4 Å². The van der Waals surface area contributed by atoms with Gasteiger partial charge in [-0.05, 0) is 54.6 Å². The summed E-state index contributed by atoms with van der Waals surface area (Å²) in [5, 5.41) is 1.11. The highest BCUT2D eigenvalue weighted by molar-refractivity contribution is 6.32. The van der Waals surface area contributed by atoms with Crippen molar-refractivity contribution in [3.63, 3.8) is 0 Å². The zero-order valence-electron chi connectivity index (χ0n) is 20.0. The lowest BCUT2D eigenvalue weighted by Crippen LogP contribution is -2.50.